The number of rotatable bonds is 5. The van der Waals surface area contributed by atoms with Crippen LogP contribution in [-0.2, 0) is 20.1 Å². The molecule has 0 aliphatic carbocycles. The molecule has 2 N–H and O–H groups in total. The lowest BCUT2D eigenvalue weighted by Crippen LogP contribution is -2.36. The van der Waals surface area contributed by atoms with E-state index in [9.17, 15) is 0 Å². The summed E-state index contributed by atoms with van der Waals surface area (Å²) in [6.07, 6.45) is 1.68. The van der Waals surface area contributed by atoms with Crippen LogP contribution in [0.1, 0.15) is 22.5 Å². The molecule has 8 heteroatoms. The number of aromatic nitrogens is 3. The van der Waals surface area contributed by atoms with Gasteiger partial charge < -0.3 is 15.2 Å². The Labute approximate surface area is 146 Å². The summed E-state index contributed by atoms with van der Waals surface area (Å²) in [5.74, 6) is 1.63. The van der Waals surface area contributed by atoms with E-state index in [1.54, 1.807) is 17.7 Å². The normalized spacial score (nSPS) is 11.1. The number of aryl methyl sites for hydroxylation is 2. The van der Waals surface area contributed by atoms with Crippen LogP contribution in [0.3, 0.4) is 0 Å². The van der Waals surface area contributed by atoms with Crippen LogP contribution < -0.4 is 10.6 Å². The molecule has 0 saturated carbocycles. The van der Waals surface area contributed by atoms with Crippen LogP contribution in [0.15, 0.2) is 23.5 Å². The molecule has 0 radical (unpaired) electrons. The van der Waals surface area contributed by atoms with Crippen molar-refractivity contribution in [3.63, 3.8) is 0 Å². The number of hydrogen-bond acceptors (Lipinski definition) is 4. The smallest absolute Gasteiger partial charge is 0.191 e. The van der Waals surface area contributed by atoms with Gasteiger partial charge in [-0.2, -0.15) is 0 Å². The van der Waals surface area contributed by atoms with E-state index in [0.29, 0.717) is 6.54 Å². The molecule has 0 unspecified atom stereocenters. The Kier molecular flexibility index (Phi) is 7.65. The standard InChI is InChI=1S/C13H20N6S.HI/c1-4-14-13(15-7-11-6-5-10(2)20-11)16-8-12-18-17-9-19(12)3;/h5-6,9H,4,7-8H2,1-3H3,(H2,14,15,16);1H. The molecule has 2 heterocycles. The van der Waals surface area contributed by atoms with Crippen LogP contribution in [0.4, 0.5) is 0 Å². The average molecular weight is 420 g/mol. The van der Waals surface area contributed by atoms with Gasteiger partial charge in [-0.15, -0.1) is 45.5 Å². The van der Waals surface area contributed by atoms with Crippen molar-refractivity contribution in [2.75, 3.05) is 6.54 Å². The summed E-state index contributed by atoms with van der Waals surface area (Å²) in [5, 5.41) is 14.4. The fourth-order valence-electron chi connectivity index (χ4n) is 1.69. The second kappa shape index (κ2) is 8.98. The number of hydrogen-bond donors (Lipinski definition) is 2. The molecule has 0 saturated heterocycles. The summed E-state index contributed by atoms with van der Waals surface area (Å²) in [5.41, 5.74) is 0. The van der Waals surface area contributed by atoms with Crippen LogP contribution in [0.2, 0.25) is 0 Å². The SMILES string of the molecule is CCNC(=NCc1nncn1C)NCc1ccc(C)s1.I. The maximum atomic E-state index is 4.51. The van der Waals surface area contributed by atoms with Gasteiger partial charge in [0.1, 0.15) is 12.9 Å². The Bertz CT molecular complexity index is 577. The molecule has 2 aromatic rings. The predicted octanol–water partition coefficient (Wildman–Crippen LogP) is 2.06. The van der Waals surface area contributed by atoms with Crippen LogP contribution in [0, 0.1) is 6.92 Å². The van der Waals surface area contributed by atoms with Gasteiger partial charge in [0.2, 0.25) is 0 Å². The van der Waals surface area contributed by atoms with Gasteiger partial charge in [0.15, 0.2) is 11.8 Å². The number of guanidine groups is 1. The maximum absolute atomic E-state index is 4.51. The summed E-state index contributed by atoms with van der Waals surface area (Å²) >= 11 is 1.79. The fourth-order valence-corrected chi connectivity index (χ4v) is 2.52. The zero-order valence-corrected chi connectivity index (χ0v) is 15.6. The van der Waals surface area contributed by atoms with Crippen molar-refractivity contribution in [2.45, 2.75) is 26.9 Å². The highest BCUT2D eigenvalue weighted by Gasteiger charge is 2.02. The Balaban J connectivity index is 0.00000220. The molecular formula is C13H21IN6S. The maximum Gasteiger partial charge on any atom is 0.191 e. The van der Waals surface area contributed by atoms with Crippen molar-refractivity contribution in [3.05, 3.63) is 34.0 Å². The molecule has 116 valence electrons. The zero-order valence-electron chi connectivity index (χ0n) is 12.5. The monoisotopic (exact) mass is 420 g/mol. The van der Waals surface area contributed by atoms with Gasteiger partial charge in [0.25, 0.3) is 0 Å². The Hall–Kier alpha value is -1.16. The molecule has 0 amide bonds. The summed E-state index contributed by atoms with van der Waals surface area (Å²) in [6, 6.07) is 4.27. The topological polar surface area (TPSA) is 67.1 Å². The molecule has 0 aromatic carbocycles. The van der Waals surface area contributed by atoms with E-state index in [-0.39, 0.29) is 24.0 Å². The van der Waals surface area contributed by atoms with E-state index in [0.717, 1.165) is 24.9 Å². The molecule has 6 nitrogen and oxygen atoms in total. The molecule has 2 aromatic heterocycles. The molecule has 0 spiro atoms. The average Bonchev–Trinajstić information content (AvgIpc) is 3.02. The Morgan fingerprint density at radius 2 is 2.19 bits per heavy atom. The number of thiophene rings is 1. The van der Waals surface area contributed by atoms with Gasteiger partial charge in [-0.05, 0) is 26.0 Å². The summed E-state index contributed by atoms with van der Waals surface area (Å²) in [6.45, 7) is 6.28. The molecular weight excluding hydrogens is 399 g/mol. The first-order valence-corrected chi connectivity index (χ1v) is 7.41. The summed E-state index contributed by atoms with van der Waals surface area (Å²) in [4.78, 5) is 7.13. The van der Waals surface area contributed by atoms with E-state index < -0.39 is 0 Å². The van der Waals surface area contributed by atoms with Crippen molar-refractivity contribution >= 4 is 41.3 Å². The fraction of sp³-hybridized carbons (Fsp3) is 0.462. The largest absolute Gasteiger partial charge is 0.357 e. The summed E-state index contributed by atoms with van der Waals surface area (Å²) in [7, 11) is 1.92. The van der Waals surface area contributed by atoms with Gasteiger partial charge >= 0.3 is 0 Å². The van der Waals surface area contributed by atoms with Crippen molar-refractivity contribution in [1.82, 2.24) is 25.4 Å². The molecule has 2 rings (SSSR count). The Morgan fingerprint density at radius 3 is 2.76 bits per heavy atom. The van der Waals surface area contributed by atoms with E-state index in [1.165, 1.54) is 9.75 Å². The highest BCUT2D eigenvalue weighted by molar-refractivity contribution is 14.0. The van der Waals surface area contributed by atoms with Crippen molar-refractivity contribution in [3.8, 4) is 0 Å². The van der Waals surface area contributed by atoms with E-state index in [2.05, 4.69) is 51.8 Å². The number of nitrogens with one attached hydrogen (secondary N) is 2. The third kappa shape index (κ3) is 5.62. The lowest BCUT2D eigenvalue weighted by molar-refractivity contribution is 0.769. The van der Waals surface area contributed by atoms with Crippen molar-refractivity contribution in [2.24, 2.45) is 12.0 Å². The second-order valence-electron chi connectivity index (χ2n) is 4.42. The van der Waals surface area contributed by atoms with Crippen molar-refractivity contribution in [1.29, 1.82) is 0 Å². The Morgan fingerprint density at radius 1 is 1.38 bits per heavy atom. The quantitative estimate of drug-likeness (QED) is 0.442. The highest BCUT2D eigenvalue weighted by atomic mass is 127. The van der Waals surface area contributed by atoms with Gasteiger partial charge in [0, 0.05) is 23.3 Å². The number of aliphatic imine (C=N–C) groups is 1. The zero-order chi connectivity index (χ0) is 14.4. The summed E-state index contributed by atoms with van der Waals surface area (Å²) < 4.78 is 1.87. The van der Waals surface area contributed by atoms with Gasteiger partial charge in [-0.25, -0.2) is 4.99 Å². The van der Waals surface area contributed by atoms with E-state index in [4.69, 9.17) is 0 Å². The third-order valence-electron chi connectivity index (χ3n) is 2.75. The minimum Gasteiger partial charge on any atom is -0.357 e. The highest BCUT2D eigenvalue weighted by Crippen LogP contribution is 2.14. The van der Waals surface area contributed by atoms with Crippen LogP contribution in [-0.4, -0.2) is 27.3 Å². The minimum atomic E-state index is 0. The van der Waals surface area contributed by atoms with Crippen molar-refractivity contribution < 1.29 is 0 Å². The lowest BCUT2D eigenvalue weighted by atomic mass is 10.4. The van der Waals surface area contributed by atoms with E-state index in [1.807, 2.05) is 11.6 Å². The van der Waals surface area contributed by atoms with Crippen LogP contribution in [0.5, 0.6) is 0 Å². The van der Waals surface area contributed by atoms with Crippen LogP contribution >= 0.6 is 35.3 Å². The molecule has 0 aliphatic rings. The second-order valence-corrected chi connectivity index (χ2v) is 5.79. The molecule has 0 fully saturated rings. The lowest BCUT2D eigenvalue weighted by Gasteiger charge is -2.10. The molecule has 0 atom stereocenters. The minimum absolute atomic E-state index is 0. The first kappa shape index (κ1) is 17.9. The predicted molar refractivity (Wildman–Crippen MR) is 97.1 cm³/mol. The first-order valence-electron chi connectivity index (χ1n) is 6.59. The number of nitrogens with zero attached hydrogens (tertiary/aromatic N) is 4. The first-order chi connectivity index (χ1) is 9.69. The molecule has 21 heavy (non-hydrogen) atoms. The van der Waals surface area contributed by atoms with Gasteiger partial charge in [0.05, 0.1) is 6.54 Å². The molecule has 0 bridgehead atoms. The molecule has 0 aliphatic heterocycles. The van der Waals surface area contributed by atoms with E-state index >= 15 is 0 Å². The third-order valence-corrected chi connectivity index (χ3v) is 3.75. The van der Waals surface area contributed by atoms with Gasteiger partial charge in [-0.1, -0.05) is 0 Å². The number of halogens is 1. The van der Waals surface area contributed by atoms with Gasteiger partial charge in [-0.3, -0.25) is 0 Å². The van der Waals surface area contributed by atoms with Crippen LogP contribution in [0.25, 0.3) is 0 Å².